The summed E-state index contributed by atoms with van der Waals surface area (Å²) in [4.78, 5) is 58.8. The maximum absolute atomic E-state index is 14.5. The summed E-state index contributed by atoms with van der Waals surface area (Å²) in [5.74, 6) is -0.328. The Morgan fingerprint density at radius 1 is 0.674 bits per heavy atom. The van der Waals surface area contributed by atoms with Gasteiger partial charge in [0.05, 0.1) is 66.7 Å². The van der Waals surface area contributed by atoms with Crippen molar-refractivity contribution in [2.24, 2.45) is 23.3 Å². The normalized spacial score (nSPS) is 14.8. The van der Waals surface area contributed by atoms with Gasteiger partial charge in [-0.2, -0.15) is 0 Å². The second-order valence-corrected chi connectivity index (χ2v) is 24.6. The number of hydrogen-bond donors (Lipinski definition) is 4. The SMILES string of the molecule is CCc1nc(CC(C)Cc2ccc3c(c2)[C@H](NC(=O)c2ccc(-c4c(C(N)=O)c(CC(C)C)nc(COc5ccc(F)cc5)c4-c4nnc(C)o4)s2)CC3)c(C(N)=O)c(-c2cc3ccnc(N[C@@H]4CCc5ccc(F)cc54)c3s2)c1-c1nnc(C)o1. The quantitative estimate of drug-likeness (QED) is 0.0554. The number of fused-ring (bicyclic) bond motifs is 3. The minimum Gasteiger partial charge on any atom is -0.487 e. The van der Waals surface area contributed by atoms with E-state index in [1.165, 1.54) is 53.0 Å². The van der Waals surface area contributed by atoms with Crippen LogP contribution in [-0.4, -0.2) is 53.1 Å². The van der Waals surface area contributed by atoms with Gasteiger partial charge in [0.25, 0.3) is 17.7 Å². The summed E-state index contributed by atoms with van der Waals surface area (Å²) in [6.45, 7) is 11.4. The monoisotopic (exact) mass is 1190 g/mol. The van der Waals surface area contributed by atoms with Crippen molar-refractivity contribution < 1.29 is 36.7 Å². The number of nitrogens with zero attached hydrogens (tertiary/aromatic N) is 7. The molecule has 3 amide bonds. The second-order valence-electron chi connectivity index (χ2n) is 22.5. The van der Waals surface area contributed by atoms with Crippen molar-refractivity contribution in [2.75, 3.05) is 5.32 Å². The van der Waals surface area contributed by atoms with Crippen molar-refractivity contribution in [3.05, 3.63) is 181 Å². The van der Waals surface area contributed by atoms with Gasteiger partial charge in [-0.25, -0.2) is 13.8 Å². The topological polar surface area (TPSA) is 253 Å². The Balaban J connectivity index is 0.825. The predicted molar refractivity (Wildman–Crippen MR) is 325 cm³/mol. The number of halogens is 2. The van der Waals surface area contributed by atoms with E-state index in [2.05, 4.69) is 56.2 Å². The lowest BCUT2D eigenvalue weighted by atomic mass is 9.89. The zero-order valence-corrected chi connectivity index (χ0v) is 49.8. The van der Waals surface area contributed by atoms with Gasteiger partial charge in [-0.15, -0.1) is 43.1 Å². The molecule has 86 heavy (non-hydrogen) atoms. The van der Waals surface area contributed by atoms with E-state index in [0.717, 1.165) is 62.0 Å². The number of carbonyl (C=O) groups is 3. The first-order valence-corrected chi connectivity index (χ1v) is 30.3. The fourth-order valence-electron chi connectivity index (χ4n) is 12.0. The smallest absolute Gasteiger partial charge is 0.261 e. The van der Waals surface area contributed by atoms with Crippen LogP contribution in [0.15, 0.2) is 100.0 Å². The van der Waals surface area contributed by atoms with Crippen LogP contribution >= 0.6 is 22.7 Å². The molecule has 2 aliphatic rings. The van der Waals surface area contributed by atoms with Gasteiger partial charge in [-0.05, 0) is 157 Å². The number of ether oxygens (including phenoxy) is 1. The van der Waals surface area contributed by atoms with Crippen LogP contribution in [0.3, 0.4) is 0 Å². The van der Waals surface area contributed by atoms with E-state index in [-0.39, 0.29) is 71.0 Å². The van der Waals surface area contributed by atoms with Crippen molar-refractivity contribution >= 4 is 56.3 Å². The van der Waals surface area contributed by atoms with Crippen LogP contribution in [0, 0.1) is 37.3 Å². The van der Waals surface area contributed by atoms with E-state index in [0.29, 0.717) is 104 Å². The molecule has 7 aromatic heterocycles. The van der Waals surface area contributed by atoms with Crippen LogP contribution < -0.4 is 26.8 Å². The molecule has 12 rings (SSSR count). The number of anilines is 1. The fraction of sp³-hybridized carbons (Fsp3) is 0.292. The van der Waals surface area contributed by atoms with E-state index < -0.39 is 17.6 Å². The van der Waals surface area contributed by atoms with Gasteiger partial charge in [-0.1, -0.05) is 52.0 Å². The molecule has 438 valence electrons. The lowest BCUT2D eigenvalue weighted by molar-refractivity contribution is 0.0938. The molecule has 3 aromatic carbocycles. The van der Waals surface area contributed by atoms with E-state index >= 15 is 0 Å². The summed E-state index contributed by atoms with van der Waals surface area (Å²) in [5, 5.41) is 24.8. The molecule has 0 fully saturated rings. The number of amides is 3. The number of pyridine rings is 3. The molecule has 3 atom stereocenters. The van der Waals surface area contributed by atoms with E-state index in [9.17, 15) is 23.2 Å². The second kappa shape index (κ2) is 23.8. The molecule has 6 N–H and O–H groups in total. The summed E-state index contributed by atoms with van der Waals surface area (Å²) >= 11 is 2.66. The lowest BCUT2D eigenvalue weighted by Crippen LogP contribution is -2.26. The van der Waals surface area contributed by atoms with Crippen LogP contribution in [0.1, 0.15) is 145 Å². The fourth-order valence-corrected chi connectivity index (χ4v) is 14.1. The van der Waals surface area contributed by atoms with E-state index in [4.69, 9.17) is 40.0 Å². The Morgan fingerprint density at radius 3 is 1.97 bits per heavy atom. The molecule has 0 radical (unpaired) electrons. The number of nitrogens with one attached hydrogen (secondary N) is 2. The van der Waals surface area contributed by atoms with Crippen molar-refractivity contribution in [1.29, 1.82) is 0 Å². The van der Waals surface area contributed by atoms with Gasteiger partial charge in [0.1, 0.15) is 29.8 Å². The molecule has 7 heterocycles. The van der Waals surface area contributed by atoms with E-state index in [1.807, 2.05) is 39.0 Å². The third-order valence-electron chi connectivity index (χ3n) is 15.8. The highest BCUT2D eigenvalue weighted by atomic mass is 32.1. The molecule has 10 aromatic rings. The third kappa shape index (κ3) is 11.5. The van der Waals surface area contributed by atoms with Crippen LogP contribution in [0.25, 0.3) is 53.9 Å². The summed E-state index contributed by atoms with van der Waals surface area (Å²) in [5.41, 5.74) is 22.2. The minimum absolute atomic E-state index is 0.0382. The molecule has 0 spiro atoms. The summed E-state index contributed by atoms with van der Waals surface area (Å²) in [6.07, 6.45) is 6.70. The lowest BCUT2D eigenvalue weighted by Gasteiger charge is -2.20. The van der Waals surface area contributed by atoms with Crippen molar-refractivity contribution in [3.63, 3.8) is 0 Å². The number of carbonyl (C=O) groups excluding carboxylic acids is 3. The molecule has 1 unspecified atom stereocenters. The number of aryl methyl sites for hydroxylation is 5. The largest absolute Gasteiger partial charge is 0.487 e. The molecule has 0 bridgehead atoms. The molecular weight excluding hydrogens is 1130 g/mol. The first kappa shape index (κ1) is 57.4. The van der Waals surface area contributed by atoms with Crippen LogP contribution in [0.2, 0.25) is 0 Å². The summed E-state index contributed by atoms with van der Waals surface area (Å²) in [6, 6.07) is 24.0. The Morgan fingerprint density at radius 2 is 1.30 bits per heavy atom. The minimum atomic E-state index is -0.716. The molecular formula is C65H61F2N11O6S2. The highest BCUT2D eigenvalue weighted by molar-refractivity contribution is 7.23. The Hall–Kier alpha value is -9.08. The molecule has 2 aliphatic carbocycles. The summed E-state index contributed by atoms with van der Waals surface area (Å²) < 4.78 is 47.4. The number of aromatic nitrogens is 7. The Kier molecular flexibility index (Phi) is 15.8. The van der Waals surface area contributed by atoms with Gasteiger partial charge in [-0.3, -0.25) is 24.4 Å². The van der Waals surface area contributed by atoms with Crippen LogP contribution in [0.5, 0.6) is 5.75 Å². The van der Waals surface area contributed by atoms with Gasteiger partial charge < -0.3 is 35.7 Å². The first-order valence-electron chi connectivity index (χ1n) is 28.6. The average Bonchev–Trinajstić information content (AvgIpc) is 3.97. The number of benzene rings is 3. The maximum atomic E-state index is 14.5. The Bertz CT molecular complexity index is 4290. The standard InChI is InChI=1S/C65H61F2N11O6S2/c1-7-44-55(64-77-75-33(5)83-64)58(52-28-38-22-23-70-62(59(38)86-52)73-45-18-11-37-10-13-40(67)29-43(37)45)54(61(69)80)48(71-44)26-32(4)25-35-8-9-36-12-19-46(42(36)27-35)74-63(81)51-21-20-50(85-51)57-53(60(68)79)47(24-31(2)3)72-49(56(57)65-78-76-34(6)84-65)30-82-41-16-14-39(66)15-17-41/h8-10,13-17,20-23,27-29,31-32,45-46H,7,11-12,18-19,24-26,30H2,1-6H3,(H2,68,79)(H2,69,80)(H,70,73)(H,74,81)/t32?,45-,46-/m1/s1. The zero-order chi connectivity index (χ0) is 60.1. The summed E-state index contributed by atoms with van der Waals surface area (Å²) in [7, 11) is 0. The van der Waals surface area contributed by atoms with Crippen molar-refractivity contribution in [2.45, 2.75) is 112 Å². The molecule has 0 saturated heterocycles. The van der Waals surface area contributed by atoms with Gasteiger partial charge in [0.2, 0.25) is 23.6 Å². The van der Waals surface area contributed by atoms with Crippen molar-refractivity contribution in [1.82, 2.24) is 40.7 Å². The first-order chi connectivity index (χ1) is 41.5. The maximum Gasteiger partial charge on any atom is 0.261 e. The predicted octanol–water partition coefficient (Wildman–Crippen LogP) is 13.0. The molecule has 0 saturated carbocycles. The highest BCUT2D eigenvalue weighted by Crippen LogP contribution is 2.47. The van der Waals surface area contributed by atoms with Gasteiger partial charge >= 0.3 is 0 Å². The van der Waals surface area contributed by atoms with Gasteiger partial charge in [0.15, 0.2) is 0 Å². The number of hydrogen-bond acceptors (Lipinski definition) is 16. The van der Waals surface area contributed by atoms with Gasteiger partial charge in [0, 0.05) is 40.9 Å². The Labute approximate surface area is 502 Å². The molecule has 17 nitrogen and oxygen atoms in total. The number of primary amides is 2. The third-order valence-corrected chi connectivity index (χ3v) is 18.0. The number of nitrogens with two attached hydrogens (primary N) is 2. The van der Waals surface area contributed by atoms with Crippen LogP contribution in [0.4, 0.5) is 14.6 Å². The van der Waals surface area contributed by atoms with Crippen LogP contribution in [-0.2, 0) is 45.1 Å². The highest BCUT2D eigenvalue weighted by Gasteiger charge is 2.34. The molecule has 21 heteroatoms. The zero-order valence-electron chi connectivity index (χ0n) is 48.1. The number of thiophene rings is 2. The van der Waals surface area contributed by atoms with Crippen molar-refractivity contribution in [3.8, 4) is 49.5 Å². The average molecular weight is 1190 g/mol. The van der Waals surface area contributed by atoms with E-state index in [1.54, 1.807) is 38.2 Å². The molecule has 0 aliphatic heterocycles. The number of rotatable bonds is 20.